The molecule has 3 nitrogen and oxygen atoms in total. The summed E-state index contributed by atoms with van der Waals surface area (Å²) in [6, 6.07) is 0.670. The van der Waals surface area contributed by atoms with Crippen molar-refractivity contribution in [2.45, 2.75) is 64.0 Å². The van der Waals surface area contributed by atoms with E-state index in [1.54, 1.807) is 0 Å². The molecule has 0 aliphatic heterocycles. The van der Waals surface area contributed by atoms with Gasteiger partial charge in [0.2, 0.25) is 5.91 Å². The molecule has 0 spiro atoms. The van der Waals surface area contributed by atoms with Crippen LogP contribution in [0.5, 0.6) is 0 Å². The Kier molecular flexibility index (Phi) is 3.85. The minimum absolute atomic E-state index is 0.166. The summed E-state index contributed by atoms with van der Waals surface area (Å²) in [5, 5.41) is 3.20. The Morgan fingerprint density at radius 2 is 1.88 bits per heavy atom. The van der Waals surface area contributed by atoms with Crippen LogP contribution in [-0.4, -0.2) is 18.0 Å². The van der Waals surface area contributed by atoms with Gasteiger partial charge < -0.3 is 11.1 Å². The smallest absolute Gasteiger partial charge is 0.223 e. The maximum absolute atomic E-state index is 12.1. The molecule has 3 atom stereocenters. The van der Waals surface area contributed by atoms with Gasteiger partial charge in [0, 0.05) is 18.0 Å². The van der Waals surface area contributed by atoms with Gasteiger partial charge in [-0.1, -0.05) is 19.8 Å². The summed E-state index contributed by atoms with van der Waals surface area (Å²) in [7, 11) is 0. The van der Waals surface area contributed by atoms with Crippen molar-refractivity contribution in [3.8, 4) is 0 Å². The van der Waals surface area contributed by atoms with Crippen LogP contribution in [0.3, 0.4) is 0 Å². The summed E-state index contributed by atoms with van der Waals surface area (Å²) in [6.45, 7) is 2.20. The number of rotatable bonds is 2. The van der Waals surface area contributed by atoms with Crippen molar-refractivity contribution in [2.24, 2.45) is 17.6 Å². The van der Waals surface area contributed by atoms with Gasteiger partial charge in [-0.3, -0.25) is 4.79 Å². The zero-order chi connectivity index (χ0) is 11.5. The van der Waals surface area contributed by atoms with Gasteiger partial charge in [-0.25, -0.2) is 0 Å². The van der Waals surface area contributed by atoms with Crippen molar-refractivity contribution >= 4 is 5.91 Å². The van der Waals surface area contributed by atoms with Crippen LogP contribution in [0.2, 0.25) is 0 Å². The molecule has 16 heavy (non-hydrogen) atoms. The van der Waals surface area contributed by atoms with E-state index < -0.39 is 0 Å². The molecule has 0 aromatic heterocycles. The Balaban J connectivity index is 1.83. The van der Waals surface area contributed by atoms with E-state index in [-0.39, 0.29) is 17.9 Å². The molecular weight excluding hydrogens is 200 g/mol. The zero-order valence-corrected chi connectivity index (χ0v) is 10.2. The van der Waals surface area contributed by atoms with E-state index >= 15 is 0 Å². The maximum Gasteiger partial charge on any atom is 0.223 e. The Bertz CT molecular complexity index is 238. The van der Waals surface area contributed by atoms with Gasteiger partial charge >= 0.3 is 0 Å². The highest BCUT2D eigenvalue weighted by atomic mass is 16.1. The second-order valence-corrected chi connectivity index (χ2v) is 5.76. The Morgan fingerprint density at radius 1 is 1.19 bits per heavy atom. The second kappa shape index (κ2) is 5.17. The van der Waals surface area contributed by atoms with Crippen LogP contribution in [0.25, 0.3) is 0 Å². The van der Waals surface area contributed by atoms with Gasteiger partial charge in [0.15, 0.2) is 0 Å². The number of nitrogens with two attached hydrogens (primary N) is 1. The first-order chi connectivity index (χ1) is 7.65. The molecule has 0 bridgehead atoms. The molecule has 2 aliphatic rings. The first-order valence-electron chi connectivity index (χ1n) is 6.71. The Hall–Kier alpha value is -0.570. The average Bonchev–Trinajstić information content (AvgIpc) is 2.68. The third-order valence-corrected chi connectivity index (χ3v) is 4.05. The lowest BCUT2D eigenvalue weighted by atomic mass is 9.79. The molecular formula is C13H24N2O. The Labute approximate surface area is 98.2 Å². The number of carbonyl (C=O) groups excluding carboxylic acids is 1. The average molecular weight is 224 g/mol. The minimum atomic E-state index is 0.166. The molecule has 0 aromatic carbocycles. The molecule has 2 fully saturated rings. The normalized spacial score (nSPS) is 36.2. The molecule has 2 aliphatic carbocycles. The summed E-state index contributed by atoms with van der Waals surface area (Å²) in [4.78, 5) is 12.1. The molecule has 2 saturated carbocycles. The molecule has 92 valence electrons. The van der Waals surface area contributed by atoms with Crippen LogP contribution in [0, 0.1) is 11.8 Å². The van der Waals surface area contributed by atoms with Crippen molar-refractivity contribution in [3.05, 3.63) is 0 Å². The summed E-state index contributed by atoms with van der Waals surface area (Å²) in [6.07, 6.45) is 7.85. The van der Waals surface area contributed by atoms with E-state index in [2.05, 4.69) is 12.2 Å². The standard InChI is InChI=1S/C13H24N2O/c1-9-6-10(8-11(14)7-9)13(16)15-12-4-2-3-5-12/h9-12H,2-8,14H2,1H3,(H,15,16). The number of hydrogen-bond acceptors (Lipinski definition) is 2. The lowest BCUT2D eigenvalue weighted by molar-refractivity contribution is -0.127. The summed E-state index contributed by atoms with van der Waals surface area (Å²) >= 11 is 0. The SMILES string of the molecule is CC1CC(N)CC(C(=O)NC2CCCC2)C1. The van der Waals surface area contributed by atoms with E-state index in [4.69, 9.17) is 5.73 Å². The molecule has 3 unspecified atom stereocenters. The van der Waals surface area contributed by atoms with Crippen molar-refractivity contribution in [1.29, 1.82) is 0 Å². The fraction of sp³-hybridized carbons (Fsp3) is 0.923. The highest BCUT2D eigenvalue weighted by Gasteiger charge is 2.30. The van der Waals surface area contributed by atoms with Crippen LogP contribution in [0.1, 0.15) is 51.9 Å². The third kappa shape index (κ3) is 2.97. The van der Waals surface area contributed by atoms with E-state index in [0.717, 1.165) is 19.3 Å². The van der Waals surface area contributed by atoms with Gasteiger partial charge in [-0.2, -0.15) is 0 Å². The molecule has 0 radical (unpaired) electrons. The molecule has 3 heteroatoms. The maximum atomic E-state index is 12.1. The van der Waals surface area contributed by atoms with E-state index in [1.165, 1.54) is 25.7 Å². The van der Waals surface area contributed by atoms with Gasteiger partial charge in [0.1, 0.15) is 0 Å². The fourth-order valence-corrected chi connectivity index (χ4v) is 3.26. The van der Waals surface area contributed by atoms with Gasteiger partial charge in [0.05, 0.1) is 0 Å². The lowest BCUT2D eigenvalue weighted by Crippen LogP contribution is -2.43. The molecule has 0 saturated heterocycles. The monoisotopic (exact) mass is 224 g/mol. The number of nitrogens with one attached hydrogen (secondary N) is 1. The first-order valence-corrected chi connectivity index (χ1v) is 6.71. The van der Waals surface area contributed by atoms with Crippen molar-refractivity contribution in [2.75, 3.05) is 0 Å². The number of hydrogen-bond donors (Lipinski definition) is 2. The highest BCUT2D eigenvalue weighted by Crippen LogP contribution is 2.28. The largest absolute Gasteiger partial charge is 0.353 e. The summed E-state index contributed by atoms with van der Waals surface area (Å²) in [5.74, 6) is 1.02. The topological polar surface area (TPSA) is 55.1 Å². The summed E-state index contributed by atoms with van der Waals surface area (Å²) < 4.78 is 0. The molecule has 3 N–H and O–H groups in total. The van der Waals surface area contributed by atoms with Crippen LogP contribution in [0.15, 0.2) is 0 Å². The van der Waals surface area contributed by atoms with Crippen LogP contribution < -0.4 is 11.1 Å². The predicted octanol–water partition coefficient (Wildman–Crippen LogP) is 1.81. The highest BCUT2D eigenvalue weighted by molar-refractivity contribution is 5.79. The van der Waals surface area contributed by atoms with Crippen LogP contribution in [0.4, 0.5) is 0 Å². The third-order valence-electron chi connectivity index (χ3n) is 4.05. The second-order valence-electron chi connectivity index (χ2n) is 5.76. The number of carbonyl (C=O) groups is 1. The molecule has 2 rings (SSSR count). The molecule has 0 aromatic rings. The van der Waals surface area contributed by atoms with E-state index in [9.17, 15) is 4.79 Å². The predicted molar refractivity (Wildman–Crippen MR) is 64.9 cm³/mol. The van der Waals surface area contributed by atoms with Crippen LogP contribution in [-0.2, 0) is 4.79 Å². The number of amides is 1. The molecule has 0 heterocycles. The fourth-order valence-electron chi connectivity index (χ4n) is 3.26. The zero-order valence-electron chi connectivity index (χ0n) is 10.2. The van der Waals surface area contributed by atoms with E-state index in [1.807, 2.05) is 0 Å². The van der Waals surface area contributed by atoms with Gasteiger partial charge in [-0.15, -0.1) is 0 Å². The van der Waals surface area contributed by atoms with Gasteiger partial charge in [-0.05, 0) is 38.0 Å². The van der Waals surface area contributed by atoms with Crippen LogP contribution >= 0.6 is 0 Å². The van der Waals surface area contributed by atoms with Crippen molar-refractivity contribution in [3.63, 3.8) is 0 Å². The summed E-state index contributed by atoms with van der Waals surface area (Å²) in [5.41, 5.74) is 5.98. The Morgan fingerprint density at radius 3 is 2.50 bits per heavy atom. The van der Waals surface area contributed by atoms with Crippen molar-refractivity contribution < 1.29 is 4.79 Å². The lowest BCUT2D eigenvalue weighted by Gasteiger charge is -2.31. The van der Waals surface area contributed by atoms with E-state index in [0.29, 0.717) is 12.0 Å². The quantitative estimate of drug-likeness (QED) is 0.751. The van der Waals surface area contributed by atoms with Crippen molar-refractivity contribution in [1.82, 2.24) is 5.32 Å². The molecule has 1 amide bonds. The first kappa shape index (κ1) is 11.9. The van der Waals surface area contributed by atoms with Gasteiger partial charge in [0.25, 0.3) is 0 Å². The minimum Gasteiger partial charge on any atom is -0.353 e.